The third-order valence-electron chi connectivity index (χ3n) is 3.40. The molecule has 0 radical (unpaired) electrons. The smallest absolute Gasteiger partial charge is 0.238 e. The van der Waals surface area contributed by atoms with Crippen molar-refractivity contribution in [3.8, 4) is 0 Å². The van der Waals surface area contributed by atoms with E-state index in [2.05, 4.69) is 43.5 Å². The Morgan fingerprint density at radius 1 is 1.50 bits per heavy atom. The monoisotopic (exact) mass is 264 g/mol. The summed E-state index contributed by atoms with van der Waals surface area (Å²) in [5.41, 5.74) is 2.39. The van der Waals surface area contributed by atoms with Crippen LogP contribution in [-0.4, -0.2) is 22.6 Å². The molecule has 0 spiro atoms. The number of carbonyl (C=O) groups is 1. The van der Waals surface area contributed by atoms with E-state index in [4.69, 9.17) is 0 Å². The lowest BCUT2D eigenvalue weighted by atomic mass is 10.0. The van der Waals surface area contributed by atoms with Crippen molar-refractivity contribution in [1.82, 2.24) is 10.6 Å². The SMILES string of the molecule is Cc1ccccc1CNC(=O)[C@H]1NCSC1(C)C. The van der Waals surface area contributed by atoms with Crippen LogP contribution in [0.25, 0.3) is 0 Å². The van der Waals surface area contributed by atoms with Crippen molar-refractivity contribution in [2.24, 2.45) is 0 Å². The van der Waals surface area contributed by atoms with Gasteiger partial charge in [-0.3, -0.25) is 10.1 Å². The fourth-order valence-corrected chi connectivity index (χ4v) is 3.12. The van der Waals surface area contributed by atoms with E-state index < -0.39 is 0 Å². The standard InChI is InChI=1S/C14H20N2OS/c1-10-6-4-5-7-11(10)8-15-13(17)12-14(2,3)18-9-16-12/h4-7,12,16H,8-9H2,1-3H3,(H,15,17)/t12-/m1/s1. The van der Waals surface area contributed by atoms with Crippen LogP contribution in [0.15, 0.2) is 24.3 Å². The Labute approximate surface area is 113 Å². The number of thioether (sulfide) groups is 1. The average Bonchev–Trinajstić information content (AvgIpc) is 2.67. The summed E-state index contributed by atoms with van der Waals surface area (Å²) in [7, 11) is 0. The Kier molecular flexibility index (Phi) is 3.97. The molecule has 1 aliphatic rings. The summed E-state index contributed by atoms with van der Waals surface area (Å²) in [6.45, 7) is 6.88. The molecule has 0 aromatic heterocycles. The maximum Gasteiger partial charge on any atom is 0.238 e. The fraction of sp³-hybridized carbons (Fsp3) is 0.500. The van der Waals surface area contributed by atoms with Crippen LogP contribution in [0.4, 0.5) is 0 Å². The van der Waals surface area contributed by atoms with Crippen LogP contribution in [0.2, 0.25) is 0 Å². The van der Waals surface area contributed by atoms with Gasteiger partial charge in [0.05, 0.1) is 0 Å². The number of nitrogens with one attached hydrogen (secondary N) is 2. The van der Waals surface area contributed by atoms with Crippen LogP contribution >= 0.6 is 11.8 Å². The van der Waals surface area contributed by atoms with Crippen LogP contribution in [0, 0.1) is 6.92 Å². The van der Waals surface area contributed by atoms with Crippen molar-refractivity contribution in [1.29, 1.82) is 0 Å². The van der Waals surface area contributed by atoms with Crippen LogP contribution < -0.4 is 10.6 Å². The molecule has 0 unspecified atom stereocenters. The maximum absolute atomic E-state index is 12.2. The van der Waals surface area contributed by atoms with E-state index in [1.807, 2.05) is 12.1 Å². The van der Waals surface area contributed by atoms with Crippen LogP contribution in [0.3, 0.4) is 0 Å². The number of carbonyl (C=O) groups excluding carboxylic acids is 1. The normalized spacial score (nSPS) is 21.8. The molecule has 0 saturated carbocycles. The molecule has 18 heavy (non-hydrogen) atoms. The largest absolute Gasteiger partial charge is 0.351 e. The Balaban J connectivity index is 1.95. The Hall–Kier alpha value is -1.000. The zero-order valence-electron chi connectivity index (χ0n) is 11.1. The van der Waals surface area contributed by atoms with Gasteiger partial charge in [-0.1, -0.05) is 24.3 Å². The van der Waals surface area contributed by atoms with E-state index in [9.17, 15) is 4.79 Å². The zero-order valence-corrected chi connectivity index (χ0v) is 11.9. The predicted molar refractivity (Wildman–Crippen MR) is 76.5 cm³/mol. The highest BCUT2D eigenvalue weighted by atomic mass is 32.2. The maximum atomic E-state index is 12.2. The number of amides is 1. The summed E-state index contributed by atoms with van der Waals surface area (Å²) in [6, 6.07) is 8.03. The first-order valence-electron chi connectivity index (χ1n) is 6.20. The van der Waals surface area contributed by atoms with Crippen molar-refractivity contribution in [2.75, 3.05) is 5.88 Å². The quantitative estimate of drug-likeness (QED) is 0.878. The Bertz CT molecular complexity index is 445. The third kappa shape index (κ3) is 2.87. The van der Waals surface area contributed by atoms with Gasteiger partial charge >= 0.3 is 0 Å². The molecule has 0 aliphatic carbocycles. The second-order valence-electron chi connectivity index (χ2n) is 5.17. The van der Waals surface area contributed by atoms with Gasteiger partial charge in [-0.05, 0) is 31.9 Å². The summed E-state index contributed by atoms with van der Waals surface area (Å²) in [5, 5.41) is 6.27. The van der Waals surface area contributed by atoms with Gasteiger partial charge in [-0.15, -0.1) is 11.8 Å². The van der Waals surface area contributed by atoms with Gasteiger partial charge in [-0.2, -0.15) is 0 Å². The molecule has 98 valence electrons. The second-order valence-corrected chi connectivity index (χ2v) is 6.80. The van der Waals surface area contributed by atoms with Crippen molar-refractivity contribution in [3.63, 3.8) is 0 Å². The second kappa shape index (κ2) is 5.33. The number of rotatable bonds is 3. The van der Waals surface area contributed by atoms with Crippen LogP contribution in [0.5, 0.6) is 0 Å². The van der Waals surface area contributed by atoms with Crippen molar-refractivity contribution in [2.45, 2.75) is 38.1 Å². The molecule has 1 aromatic rings. The summed E-state index contributed by atoms with van der Waals surface area (Å²) in [6.07, 6.45) is 0. The molecule has 2 rings (SSSR count). The van der Waals surface area contributed by atoms with E-state index >= 15 is 0 Å². The highest BCUT2D eigenvalue weighted by molar-refractivity contribution is 8.00. The number of aryl methyl sites for hydroxylation is 1. The summed E-state index contributed by atoms with van der Waals surface area (Å²) >= 11 is 1.79. The third-order valence-corrected chi connectivity index (χ3v) is 4.69. The van der Waals surface area contributed by atoms with E-state index in [0.29, 0.717) is 6.54 Å². The lowest BCUT2D eigenvalue weighted by molar-refractivity contribution is -0.123. The number of hydrogen-bond acceptors (Lipinski definition) is 3. The molecule has 1 amide bonds. The van der Waals surface area contributed by atoms with E-state index in [1.165, 1.54) is 11.1 Å². The predicted octanol–water partition coefficient (Wildman–Crippen LogP) is 2.05. The summed E-state index contributed by atoms with van der Waals surface area (Å²) < 4.78 is -0.0319. The molecule has 0 bridgehead atoms. The highest BCUT2D eigenvalue weighted by Crippen LogP contribution is 2.32. The lowest BCUT2D eigenvalue weighted by Gasteiger charge is -2.24. The number of benzene rings is 1. The first-order valence-corrected chi connectivity index (χ1v) is 7.19. The Morgan fingerprint density at radius 2 is 2.22 bits per heavy atom. The van der Waals surface area contributed by atoms with E-state index in [-0.39, 0.29) is 16.7 Å². The van der Waals surface area contributed by atoms with Gasteiger partial charge in [0, 0.05) is 17.2 Å². The summed E-state index contributed by atoms with van der Waals surface area (Å²) in [5.74, 6) is 0.934. The lowest BCUT2D eigenvalue weighted by Crippen LogP contribution is -2.49. The van der Waals surface area contributed by atoms with E-state index in [1.54, 1.807) is 11.8 Å². The first-order chi connectivity index (χ1) is 8.50. The molecule has 2 N–H and O–H groups in total. The zero-order chi connectivity index (χ0) is 13.2. The number of hydrogen-bond donors (Lipinski definition) is 2. The first kappa shape index (κ1) is 13.4. The minimum atomic E-state index is -0.105. The molecule has 1 saturated heterocycles. The molecule has 1 fully saturated rings. The van der Waals surface area contributed by atoms with Crippen molar-refractivity contribution < 1.29 is 4.79 Å². The fourth-order valence-electron chi connectivity index (χ4n) is 2.14. The summed E-state index contributed by atoms with van der Waals surface area (Å²) in [4.78, 5) is 12.2. The van der Waals surface area contributed by atoms with Crippen molar-refractivity contribution in [3.05, 3.63) is 35.4 Å². The Morgan fingerprint density at radius 3 is 2.83 bits per heavy atom. The molecule has 1 atom stereocenters. The molecule has 4 heteroatoms. The van der Waals surface area contributed by atoms with Gasteiger partial charge in [0.1, 0.15) is 6.04 Å². The van der Waals surface area contributed by atoms with Gasteiger partial charge in [0.25, 0.3) is 0 Å². The highest BCUT2D eigenvalue weighted by Gasteiger charge is 2.39. The molecule has 1 aromatic carbocycles. The van der Waals surface area contributed by atoms with Gasteiger partial charge in [0.15, 0.2) is 0 Å². The molecule has 3 nitrogen and oxygen atoms in total. The average molecular weight is 264 g/mol. The van der Waals surface area contributed by atoms with E-state index in [0.717, 1.165) is 5.88 Å². The van der Waals surface area contributed by atoms with Crippen LogP contribution in [0.1, 0.15) is 25.0 Å². The van der Waals surface area contributed by atoms with Gasteiger partial charge in [-0.25, -0.2) is 0 Å². The van der Waals surface area contributed by atoms with Crippen molar-refractivity contribution >= 4 is 17.7 Å². The topological polar surface area (TPSA) is 41.1 Å². The van der Waals surface area contributed by atoms with Crippen LogP contribution in [-0.2, 0) is 11.3 Å². The minimum absolute atomic E-state index is 0.0319. The molecular weight excluding hydrogens is 244 g/mol. The molecular formula is C14H20N2OS. The minimum Gasteiger partial charge on any atom is -0.351 e. The van der Waals surface area contributed by atoms with Gasteiger partial charge < -0.3 is 5.32 Å². The molecule has 1 heterocycles. The molecule has 1 aliphatic heterocycles. The van der Waals surface area contributed by atoms with Gasteiger partial charge in [0.2, 0.25) is 5.91 Å².